The predicted octanol–water partition coefficient (Wildman–Crippen LogP) is 1.85. The van der Waals surface area contributed by atoms with Crippen molar-refractivity contribution in [1.29, 1.82) is 0 Å². The normalized spacial score (nSPS) is 21.0. The molecule has 2 heterocycles. The first-order valence-electron chi connectivity index (χ1n) is 9.00. The first-order valence-corrected chi connectivity index (χ1v) is 11.3. The molecule has 1 saturated heterocycles. The molecule has 0 atom stereocenters. The van der Waals surface area contributed by atoms with E-state index < -0.39 is 10.0 Å². The molecule has 2 fully saturated rings. The SMILES string of the molecule is CN(CC(=O)N1CCN(C2CCCCC2)CC1)S(=O)(=O)c1cccs1. The van der Waals surface area contributed by atoms with Crippen LogP contribution in [0.2, 0.25) is 0 Å². The number of amides is 1. The number of carbonyl (C=O) groups is 1. The first kappa shape index (κ1) is 18.8. The van der Waals surface area contributed by atoms with E-state index in [2.05, 4.69) is 4.90 Å². The number of thiophene rings is 1. The van der Waals surface area contributed by atoms with Gasteiger partial charge in [-0.25, -0.2) is 8.42 Å². The number of hydrogen-bond acceptors (Lipinski definition) is 5. The molecule has 1 aromatic rings. The molecule has 0 radical (unpaired) electrons. The summed E-state index contributed by atoms with van der Waals surface area (Å²) in [5.74, 6) is -0.106. The molecule has 1 aliphatic carbocycles. The Bertz CT molecular complexity index is 661. The van der Waals surface area contributed by atoms with Gasteiger partial charge in [0.2, 0.25) is 5.91 Å². The lowest BCUT2D eigenvalue weighted by atomic mass is 9.94. The van der Waals surface area contributed by atoms with Gasteiger partial charge >= 0.3 is 0 Å². The fraction of sp³-hybridized carbons (Fsp3) is 0.706. The molecule has 2 aliphatic rings. The Morgan fingerprint density at radius 2 is 1.88 bits per heavy atom. The molecule has 0 spiro atoms. The molecule has 0 bridgehead atoms. The van der Waals surface area contributed by atoms with Crippen LogP contribution in [0.1, 0.15) is 32.1 Å². The van der Waals surface area contributed by atoms with E-state index in [1.165, 1.54) is 50.5 Å². The fourth-order valence-electron chi connectivity index (χ4n) is 3.72. The van der Waals surface area contributed by atoms with Gasteiger partial charge in [0, 0.05) is 39.3 Å². The van der Waals surface area contributed by atoms with Crippen molar-refractivity contribution in [1.82, 2.24) is 14.1 Å². The third-order valence-corrected chi connectivity index (χ3v) is 8.45. The largest absolute Gasteiger partial charge is 0.339 e. The summed E-state index contributed by atoms with van der Waals surface area (Å²) in [5, 5.41) is 1.73. The van der Waals surface area contributed by atoms with Gasteiger partial charge in [0.05, 0.1) is 6.54 Å². The molecule has 1 saturated carbocycles. The van der Waals surface area contributed by atoms with E-state index in [4.69, 9.17) is 0 Å². The number of hydrogen-bond donors (Lipinski definition) is 0. The van der Waals surface area contributed by atoms with Gasteiger partial charge in [-0.3, -0.25) is 9.69 Å². The average Bonchev–Trinajstić information content (AvgIpc) is 3.18. The van der Waals surface area contributed by atoms with Crippen molar-refractivity contribution in [3.63, 3.8) is 0 Å². The highest BCUT2D eigenvalue weighted by atomic mass is 32.2. The molecule has 140 valence electrons. The second-order valence-corrected chi connectivity index (χ2v) is 10.1. The van der Waals surface area contributed by atoms with Crippen LogP contribution in [0.3, 0.4) is 0 Å². The third-order valence-electron chi connectivity index (χ3n) is 5.28. The van der Waals surface area contributed by atoms with Gasteiger partial charge < -0.3 is 4.90 Å². The highest BCUT2D eigenvalue weighted by Crippen LogP contribution is 2.24. The minimum atomic E-state index is -3.56. The Balaban J connectivity index is 1.51. The number of nitrogens with zero attached hydrogens (tertiary/aromatic N) is 3. The summed E-state index contributed by atoms with van der Waals surface area (Å²) in [4.78, 5) is 16.8. The molecule has 1 aromatic heterocycles. The summed E-state index contributed by atoms with van der Waals surface area (Å²) < 4.78 is 26.3. The van der Waals surface area contributed by atoms with Crippen LogP contribution in [-0.4, -0.2) is 74.2 Å². The molecule has 3 rings (SSSR count). The highest BCUT2D eigenvalue weighted by Gasteiger charge is 2.29. The van der Waals surface area contributed by atoms with Gasteiger partial charge in [-0.15, -0.1) is 11.3 Å². The minimum Gasteiger partial charge on any atom is -0.339 e. The van der Waals surface area contributed by atoms with Crippen LogP contribution in [0, 0.1) is 0 Å². The van der Waals surface area contributed by atoms with Gasteiger partial charge in [-0.2, -0.15) is 4.31 Å². The molecule has 1 amide bonds. The topological polar surface area (TPSA) is 60.9 Å². The fourth-order valence-corrected chi connectivity index (χ4v) is 6.04. The number of sulfonamides is 1. The maximum absolute atomic E-state index is 12.5. The van der Waals surface area contributed by atoms with Crippen molar-refractivity contribution in [3.8, 4) is 0 Å². The Morgan fingerprint density at radius 1 is 1.20 bits per heavy atom. The molecule has 25 heavy (non-hydrogen) atoms. The summed E-state index contributed by atoms with van der Waals surface area (Å²) in [5.41, 5.74) is 0. The summed E-state index contributed by atoms with van der Waals surface area (Å²) in [6.45, 7) is 3.10. The Labute approximate surface area is 154 Å². The van der Waals surface area contributed by atoms with Gasteiger partial charge in [0.25, 0.3) is 10.0 Å². The summed E-state index contributed by atoms with van der Waals surface area (Å²) in [6, 6.07) is 3.95. The number of carbonyl (C=O) groups excluding carboxylic acids is 1. The Morgan fingerprint density at radius 3 is 2.48 bits per heavy atom. The molecular weight excluding hydrogens is 358 g/mol. The van der Waals surface area contributed by atoms with Crippen molar-refractivity contribution in [2.75, 3.05) is 39.8 Å². The molecule has 6 nitrogen and oxygen atoms in total. The van der Waals surface area contributed by atoms with Crippen molar-refractivity contribution >= 4 is 27.3 Å². The average molecular weight is 386 g/mol. The zero-order valence-electron chi connectivity index (χ0n) is 14.8. The van der Waals surface area contributed by atoms with Gasteiger partial charge in [-0.1, -0.05) is 25.3 Å². The van der Waals surface area contributed by atoms with Crippen molar-refractivity contribution < 1.29 is 13.2 Å². The quantitative estimate of drug-likeness (QED) is 0.776. The first-order chi connectivity index (χ1) is 12.0. The second kappa shape index (κ2) is 8.16. The van der Waals surface area contributed by atoms with Crippen LogP contribution < -0.4 is 0 Å². The minimum absolute atomic E-state index is 0.0936. The maximum Gasteiger partial charge on any atom is 0.252 e. The summed E-state index contributed by atoms with van der Waals surface area (Å²) >= 11 is 1.18. The monoisotopic (exact) mass is 385 g/mol. The van der Waals surface area contributed by atoms with Crippen molar-refractivity contribution in [2.24, 2.45) is 0 Å². The zero-order chi connectivity index (χ0) is 17.9. The van der Waals surface area contributed by atoms with Gasteiger partial charge in [-0.05, 0) is 24.3 Å². The molecule has 0 N–H and O–H groups in total. The van der Waals surface area contributed by atoms with E-state index >= 15 is 0 Å². The standard InChI is InChI=1S/C17H27N3O3S2/c1-18(25(22,23)17-8-5-13-24-17)14-16(21)20-11-9-19(10-12-20)15-6-3-2-4-7-15/h5,8,13,15H,2-4,6-7,9-12,14H2,1H3. The molecule has 1 aliphatic heterocycles. The lowest BCUT2D eigenvalue weighted by Gasteiger charge is -2.41. The van der Waals surface area contributed by atoms with Crippen molar-refractivity contribution in [2.45, 2.75) is 42.4 Å². The van der Waals surface area contributed by atoms with Crippen LogP contribution in [0.4, 0.5) is 0 Å². The smallest absolute Gasteiger partial charge is 0.252 e. The summed E-state index contributed by atoms with van der Waals surface area (Å²) in [6.07, 6.45) is 6.52. The van der Waals surface area contributed by atoms with E-state index in [0.29, 0.717) is 19.1 Å². The molecular formula is C17H27N3O3S2. The molecule has 8 heteroatoms. The van der Waals surface area contributed by atoms with E-state index in [-0.39, 0.29) is 16.7 Å². The molecule has 0 unspecified atom stereocenters. The van der Waals surface area contributed by atoms with E-state index in [1.807, 2.05) is 0 Å². The molecule has 0 aromatic carbocycles. The van der Waals surface area contributed by atoms with Crippen LogP contribution in [-0.2, 0) is 14.8 Å². The maximum atomic E-state index is 12.5. The van der Waals surface area contributed by atoms with E-state index in [1.54, 1.807) is 22.4 Å². The Kier molecular flexibility index (Phi) is 6.14. The van der Waals surface area contributed by atoms with Gasteiger partial charge in [0.1, 0.15) is 4.21 Å². The second-order valence-electron chi connectivity index (χ2n) is 6.90. The van der Waals surface area contributed by atoms with E-state index in [0.717, 1.165) is 17.4 Å². The number of likely N-dealkylation sites (N-methyl/N-ethyl adjacent to an activating group) is 1. The third kappa shape index (κ3) is 4.42. The van der Waals surface area contributed by atoms with Crippen LogP contribution in [0.5, 0.6) is 0 Å². The van der Waals surface area contributed by atoms with Gasteiger partial charge in [0.15, 0.2) is 0 Å². The van der Waals surface area contributed by atoms with Crippen LogP contribution in [0.25, 0.3) is 0 Å². The zero-order valence-corrected chi connectivity index (χ0v) is 16.4. The highest BCUT2D eigenvalue weighted by molar-refractivity contribution is 7.91. The predicted molar refractivity (Wildman–Crippen MR) is 99.2 cm³/mol. The Hall–Kier alpha value is -0.960. The van der Waals surface area contributed by atoms with Crippen LogP contribution in [0.15, 0.2) is 21.7 Å². The van der Waals surface area contributed by atoms with Crippen LogP contribution >= 0.6 is 11.3 Å². The number of rotatable bonds is 5. The van der Waals surface area contributed by atoms with Crippen molar-refractivity contribution in [3.05, 3.63) is 17.5 Å². The lowest BCUT2D eigenvalue weighted by Crippen LogP contribution is -2.54. The number of piperazine rings is 1. The van der Waals surface area contributed by atoms with E-state index in [9.17, 15) is 13.2 Å². The summed E-state index contributed by atoms with van der Waals surface area (Å²) in [7, 11) is -2.09. The lowest BCUT2D eigenvalue weighted by molar-refractivity contribution is -0.133.